The molecule has 6 nitrogen and oxygen atoms in total. The summed E-state index contributed by atoms with van der Waals surface area (Å²) >= 11 is 6.18. The molecular formula is C19H30ClIN4O2. The highest BCUT2D eigenvalue weighted by atomic mass is 127. The van der Waals surface area contributed by atoms with Gasteiger partial charge in [-0.25, -0.2) is 0 Å². The summed E-state index contributed by atoms with van der Waals surface area (Å²) in [6.45, 7) is 9.36. The van der Waals surface area contributed by atoms with Crippen molar-refractivity contribution in [2.24, 2.45) is 10.4 Å². The summed E-state index contributed by atoms with van der Waals surface area (Å²) < 4.78 is 10.8. The average molecular weight is 509 g/mol. The van der Waals surface area contributed by atoms with Crippen LogP contribution in [0.3, 0.4) is 0 Å². The summed E-state index contributed by atoms with van der Waals surface area (Å²) in [6.07, 6.45) is 1.04. The van der Waals surface area contributed by atoms with Gasteiger partial charge in [-0.15, -0.1) is 24.0 Å². The molecule has 2 saturated heterocycles. The highest BCUT2D eigenvalue weighted by Crippen LogP contribution is 2.33. The number of nitrogens with zero attached hydrogens (tertiary/aromatic N) is 2. The maximum atomic E-state index is 6.18. The highest BCUT2D eigenvalue weighted by molar-refractivity contribution is 14.0. The van der Waals surface area contributed by atoms with Gasteiger partial charge < -0.3 is 25.0 Å². The summed E-state index contributed by atoms with van der Waals surface area (Å²) in [7, 11) is 1.69. The Labute approximate surface area is 184 Å². The average Bonchev–Trinajstić information content (AvgIpc) is 3.06. The van der Waals surface area contributed by atoms with E-state index in [1.807, 2.05) is 18.2 Å². The molecule has 0 aliphatic carbocycles. The number of aliphatic imine (C=N–C) groups is 1. The molecule has 1 aromatic carbocycles. The van der Waals surface area contributed by atoms with Crippen molar-refractivity contribution in [2.45, 2.75) is 26.3 Å². The predicted octanol–water partition coefficient (Wildman–Crippen LogP) is 3.14. The van der Waals surface area contributed by atoms with Crippen molar-refractivity contribution < 1.29 is 9.47 Å². The lowest BCUT2D eigenvalue weighted by Crippen LogP contribution is -2.47. The van der Waals surface area contributed by atoms with Crippen molar-refractivity contribution >= 4 is 47.2 Å². The first-order chi connectivity index (χ1) is 12.5. The lowest BCUT2D eigenvalue weighted by molar-refractivity contribution is -0.0945. The van der Waals surface area contributed by atoms with Crippen molar-refractivity contribution in [3.8, 4) is 5.75 Å². The maximum Gasteiger partial charge on any atom is 0.191 e. The van der Waals surface area contributed by atoms with Gasteiger partial charge >= 0.3 is 0 Å². The molecule has 2 N–H and O–H groups in total. The fourth-order valence-corrected chi connectivity index (χ4v) is 3.50. The van der Waals surface area contributed by atoms with Crippen molar-refractivity contribution in [1.29, 1.82) is 0 Å². The number of rotatable bonds is 6. The van der Waals surface area contributed by atoms with E-state index in [0.29, 0.717) is 6.04 Å². The van der Waals surface area contributed by atoms with E-state index >= 15 is 0 Å². The molecule has 0 amide bonds. The molecule has 1 aromatic rings. The number of hydrogen-bond donors (Lipinski definition) is 2. The van der Waals surface area contributed by atoms with E-state index < -0.39 is 0 Å². The van der Waals surface area contributed by atoms with Crippen LogP contribution >= 0.6 is 35.6 Å². The zero-order chi connectivity index (χ0) is 18.6. The number of anilines is 1. The van der Waals surface area contributed by atoms with Crippen LogP contribution in [0.15, 0.2) is 23.2 Å². The van der Waals surface area contributed by atoms with E-state index in [9.17, 15) is 0 Å². The molecule has 2 fully saturated rings. The van der Waals surface area contributed by atoms with Crippen LogP contribution < -0.4 is 20.3 Å². The normalized spacial score (nSPS) is 21.3. The molecule has 3 rings (SSSR count). The van der Waals surface area contributed by atoms with Crippen LogP contribution in [0.2, 0.25) is 5.02 Å². The molecule has 0 radical (unpaired) electrons. The van der Waals surface area contributed by atoms with Crippen molar-refractivity contribution in [3.05, 3.63) is 23.2 Å². The number of hydrogen-bond acceptors (Lipinski definition) is 4. The van der Waals surface area contributed by atoms with Gasteiger partial charge in [0.15, 0.2) is 5.96 Å². The van der Waals surface area contributed by atoms with Gasteiger partial charge in [0.05, 0.1) is 32.6 Å². The van der Waals surface area contributed by atoms with E-state index in [2.05, 4.69) is 29.4 Å². The lowest BCUT2D eigenvalue weighted by atomic mass is 9.89. The summed E-state index contributed by atoms with van der Waals surface area (Å²) in [6, 6.07) is 6.09. The molecule has 0 bridgehead atoms. The van der Waals surface area contributed by atoms with Crippen LogP contribution in [0.25, 0.3) is 0 Å². The van der Waals surface area contributed by atoms with E-state index in [1.165, 1.54) is 0 Å². The smallest absolute Gasteiger partial charge is 0.191 e. The van der Waals surface area contributed by atoms with Crippen molar-refractivity contribution in [3.63, 3.8) is 0 Å². The zero-order valence-electron chi connectivity index (χ0n) is 16.3. The number of nitrogens with one attached hydrogen (secondary N) is 2. The van der Waals surface area contributed by atoms with E-state index in [0.717, 1.165) is 68.2 Å². The lowest BCUT2D eigenvalue weighted by Gasteiger charge is -2.36. The summed E-state index contributed by atoms with van der Waals surface area (Å²) in [5.41, 5.74) is 1.23. The van der Waals surface area contributed by atoms with Gasteiger partial charge in [0.2, 0.25) is 0 Å². The molecule has 1 atom stereocenters. The van der Waals surface area contributed by atoms with E-state index in [4.69, 9.17) is 26.1 Å². The number of ether oxygens (including phenoxy) is 2. The second kappa shape index (κ2) is 10.0. The van der Waals surface area contributed by atoms with Gasteiger partial charge in [-0.2, -0.15) is 0 Å². The Morgan fingerprint density at radius 2 is 2.22 bits per heavy atom. The maximum absolute atomic E-state index is 6.18. The molecule has 2 heterocycles. The van der Waals surface area contributed by atoms with Gasteiger partial charge in [0.1, 0.15) is 5.75 Å². The number of guanidine groups is 1. The van der Waals surface area contributed by atoms with Crippen LogP contribution in [0.4, 0.5) is 5.69 Å². The zero-order valence-corrected chi connectivity index (χ0v) is 19.3. The second-order valence-corrected chi connectivity index (χ2v) is 7.83. The van der Waals surface area contributed by atoms with Crippen LogP contribution in [-0.4, -0.2) is 58.5 Å². The molecule has 0 spiro atoms. The summed E-state index contributed by atoms with van der Waals surface area (Å²) in [4.78, 5) is 7.08. The number of benzene rings is 1. The first-order valence-electron chi connectivity index (χ1n) is 9.24. The first kappa shape index (κ1) is 22.4. The minimum absolute atomic E-state index is 0. The predicted molar refractivity (Wildman–Crippen MR) is 122 cm³/mol. The van der Waals surface area contributed by atoms with Crippen LogP contribution in [-0.2, 0) is 4.74 Å². The van der Waals surface area contributed by atoms with E-state index in [1.54, 1.807) is 7.11 Å². The molecular weight excluding hydrogens is 479 g/mol. The largest absolute Gasteiger partial charge is 0.495 e. The second-order valence-electron chi connectivity index (χ2n) is 7.39. The van der Waals surface area contributed by atoms with E-state index in [-0.39, 0.29) is 29.4 Å². The Morgan fingerprint density at radius 1 is 1.44 bits per heavy atom. The number of methoxy groups -OCH3 is 1. The molecule has 27 heavy (non-hydrogen) atoms. The third-order valence-corrected chi connectivity index (χ3v) is 5.11. The fraction of sp³-hybridized carbons (Fsp3) is 0.632. The standard InChI is InChI=1S/C19H29ClN4O2.HI/c1-4-21-18(22-11-19(2)12-26-13-19)23-15-7-8-24(10-15)16-9-14(20)5-6-17(16)25-3;/h5-6,9,15H,4,7-8,10-13H2,1-3H3,(H2,21,22,23);1H. The Hall–Kier alpha value is -0.930. The van der Waals surface area contributed by atoms with Gasteiger partial charge in [-0.1, -0.05) is 18.5 Å². The van der Waals surface area contributed by atoms with Gasteiger partial charge in [-0.3, -0.25) is 4.99 Å². The quantitative estimate of drug-likeness (QED) is 0.351. The molecule has 2 aliphatic rings. The van der Waals surface area contributed by atoms with Crippen molar-refractivity contribution in [2.75, 3.05) is 51.4 Å². The van der Waals surface area contributed by atoms with Crippen LogP contribution in [0, 0.1) is 5.41 Å². The molecule has 152 valence electrons. The Bertz CT molecular complexity index is 655. The topological polar surface area (TPSA) is 58.1 Å². The molecule has 0 saturated carbocycles. The minimum atomic E-state index is 0. The fourth-order valence-electron chi connectivity index (χ4n) is 3.33. The van der Waals surface area contributed by atoms with Gasteiger partial charge in [0.25, 0.3) is 0 Å². The number of halogens is 2. The Kier molecular flexibility index (Phi) is 8.30. The van der Waals surface area contributed by atoms with Crippen LogP contribution in [0.1, 0.15) is 20.3 Å². The SMILES string of the molecule is CCNC(=NCC1(C)COC1)NC1CCN(c2cc(Cl)ccc2OC)C1.I. The van der Waals surface area contributed by atoms with Gasteiger partial charge in [-0.05, 0) is 31.5 Å². The Morgan fingerprint density at radius 3 is 2.85 bits per heavy atom. The Balaban J connectivity index is 0.00000261. The van der Waals surface area contributed by atoms with Crippen molar-refractivity contribution in [1.82, 2.24) is 10.6 Å². The third-order valence-electron chi connectivity index (χ3n) is 4.87. The van der Waals surface area contributed by atoms with Crippen LogP contribution in [0.5, 0.6) is 5.75 Å². The third kappa shape index (κ3) is 5.77. The monoisotopic (exact) mass is 508 g/mol. The minimum Gasteiger partial charge on any atom is -0.495 e. The molecule has 2 aliphatic heterocycles. The summed E-state index contributed by atoms with van der Waals surface area (Å²) in [5.74, 6) is 1.74. The first-order valence-corrected chi connectivity index (χ1v) is 9.62. The highest BCUT2D eigenvalue weighted by Gasteiger charge is 2.33. The molecule has 1 unspecified atom stereocenters. The van der Waals surface area contributed by atoms with Gasteiger partial charge in [0, 0.05) is 36.1 Å². The summed E-state index contributed by atoms with van der Waals surface area (Å²) in [5, 5.41) is 7.65. The molecule has 8 heteroatoms. The molecule has 0 aromatic heterocycles.